The molecule has 0 aliphatic carbocycles. The van der Waals surface area contributed by atoms with E-state index in [9.17, 15) is 19.7 Å². The number of hydrogen-bond donors (Lipinski definition) is 0. The SMILES string of the molecule is COc1ccc(N2CCN(C(=O)COC(=O)c3ccc([N+](=O)[O-])s3)CC2)cc1. The normalized spacial score (nSPS) is 13.9. The fourth-order valence-electron chi connectivity index (χ4n) is 2.83. The lowest BCUT2D eigenvalue weighted by Crippen LogP contribution is -2.49. The number of methoxy groups -OCH3 is 1. The highest BCUT2D eigenvalue weighted by Crippen LogP contribution is 2.24. The Balaban J connectivity index is 1.46. The Labute approximate surface area is 165 Å². The Morgan fingerprint density at radius 3 is 2.36 bits per heavy atom. The average molecular weight is 405 g/mol. The molecule has 1 aromatic heterocycles. The van der Waals surface area contributed by atoms with Gasteiger partial charge in [0.25, 0.3) is 5.91 Å². The van der Waals surface area contributed by atoms with Gasteiger partial charge in [0.05, 0.1) is 12.0 Å². The minimum absolute atomic E-state index is 0.101. The first-order valence-corrected chi connectivity index (χ1v) is 9.37. The van der Waals surface area contributed by atoms with Crippen LogP contribution in [-0.4, -0.2) is 61.6 Å². The summed E-state index contributed by atoms with van der Waals surface area (Å²) in [7, 11) is 1.62. The number of rotatable bonds is 6. The van der Waals surface area contributed by atoms with Crippen LogP contribution >= 0.6 is 11.3 Å². The molecule has 0 bridgehead atoms. The fourth-order valence-corrected chi connectivity index (χ4v) is 3.55. The van der Waals surface area contributed by atoms with Crippen molar-refractivity contribution >= 4 is 33.9 Å². The summed E-state index contributed by atoms with van der Waals surface area (Å²) in [5, 5.41) is 10.5. The number of benzene rings is 1. The van der Waals surface area contributed by atoms with E-state index in [0.29, 0.717) is 26.2 Å². The summed E-state index contributed by atoms with van der Waals surface area (Å²) in [5.74, 6) is -0.229. The minimum atomic E-state index is -0.733. The maximum atomic E-state index is 12.3. The second-order valence-corrected chi connectivity index (χ2v) is 7.10. The Kier molecular flexibility index (Phi) is 6.09. The first kappa shape index (κ1) is 19.6. The molecule has 2 aromatic rings. The van der Waals surface area contributed by atoms with Crippen LogP contribution in [0.2, 0.25) is 0 Å². The molecule has 28 heavy (non-hydrogen) atoms. The highest BCUT2D eigenvalue weighted by molar-refractivity contribution is 7.17. The van der Waals surface area contributed by atoms with Crippen molar-refractivity contribution in [2.45, 2.75) is 0 Å². The molecule has 1 aliphatic heterocycles. The van der Waals surface area contributed by atoms with Crippen molar-refractivity contribution in [1.29, 1.82) is 0 Å². The van der Waals surface area contributed by atoms with Crippen LogP contribution in [0, 0.1) is 10.1 Å². The largest absolute Gasteiger partial charge is 0.497 e. The Hall–Kier alpha value is -3.14. The summed E-state index contributed by atoms with van der Waals surface area (Å²) in [4.78, 5) is 38.2. The second-order valence-electron chi connectivity index (χ2n) is 6.04. The molecule has 148 valence electrons. The van der Waals surface area contributed by atoms with Gasteiger partial charge in [0.2, 0.25) is 0 Å². The lowest BCUT2D eigenvalue weighted by atomic mass is 10.2. The first-order valence-electron chi connectivity index (χ1n) is 8.56. The van der Waals surface area contributed by atoms with E-state index in [2.05, 4.69) is 4.90 Å². The van der Waals surface area contributed by atoms with E-state index in [4.69, 9.17) is 9.47 Å². The van der Waals surface area contributed by atoms with Gasteiger partial charge in [-0.1, -0.05) is 11.3 Å². The number of piperazine rings is 1. The molecular formula is C18H19N3O6S. The van der Waals surface area contributed by atoms with Gasteiger partial charge in [-0.2, -0.15) is 0 Å². The van der Waals surface area contributed by atoms with Crippen LogP contribution in [0.5, 0.6) is 5.75 Å². The summed E-state index contributed by atoms with van der Waals surface area (Å²) in [5.41, 5.74) is 1.05. The van der Waals surface area contributed by atoms with Crippen LogP contribution in [0.1, 0.15) is 9.67 Å². The maximum Gasteiger partial charge on any atom is 0.349 e. The molecule has 0 radical (unpaired) electrons. The number of amides is 1. The minimum Gasteiger partial charge on any atom is -0.497 e. The van der Waals surface area contributed by atoms with E-state index in [1.54, 1.807) is 12.0 Å². The molecule has 1 aliphatic rings. The van der Waals surface area contributed by atoms with E-state index < -0.39 is 10.9 Å². The number of nitrogens with zero attached hydrogens (tertiary/aromatic N) is 3. The molecule has 1 aromatic carbocycles. The predicted molar refractivity (Wildman–Crippen MR) is 103 cm³/mol. The van der Waals surface area contributed by atoms with Gasteiger partial charge in [-0.15, -0.1) is 0 Å². The molecule has 1 saturated heterocycles. The number of carbonyl (C=O) groups excluding carboxylic acids is 2. The standard InChI is InChI=1S/C18H19N3O6S/c1-26-14-4-2-13(3-5-14)19-8-10-20(11-9-19)16(22)12-27-18(23)15-6-7-17(28-15)21(24)25/h2-7H,8-12H2,1H3. The van der Waals surface area contributed by atoms with Crippen LogP contribution in [0.15, 0.2) is 36.4 Å². The molecule has 0 unspecified atom stereocenters. The van der Waals surface area contributed by atoms with E-state index in [-0.39, 0.29) is 22.4 Å². The zero-order valence-electron chi connectivity index (χ0n) is 15.2. The number of ether oxygens (including phenoxy) is 2. The van der Waals surface area contributed by atoms with Gasteiger partial charge < -0.3 is 19.3 Å². The summed E-state index contributed by atoms with van der Waals surface area (Å²) in [6.45, 7) is 2.00. The van der Waals surface area contributed by atoms with Gasteiger partial charge in [0.15, 0.2) is 6.61 Å². The number of nitro groups is 1. The van der Waals surface area contributed by atoms with Crippen LogP contribution < -0.4 is 9.64 Å². The van der Waals surface area contributed by atoms with E-state index >= 15 is 0 Å². The van der Waals surface area contributed by atoms with E-state index in [0.717, 1.165) is 22.8 Å². The molecule has 1 fully saturated rings. The highest BCUT2D eigenvalue weighted by Gasteiger charge is 2.23. The summed E-state index contributed by atoms with van der Waals surface area (Å²) < 4.78 is 10.2. The van der Waals surface area contributed by atoms with Crippen molar-refractivity contribution in [2.24, 2.45) is 0 Å². The van der Waals surface area contributed by atoms with Crippen molar-refractivity contribution in [3.05, 3.63) is 51.4 Å². The molecule has 2 heterocycles. The summed E-state index contributed by atoms with van der Waals surface area (Å²) in [6.07, 6.45) is 0. The molecule has 10 heteroatoms. The zero-order valence-corrected chi connectivity index (χ0v) is 16.0. The van der Waals surface area contributed by atoms with Crippen molar-refractivity contribution in [1.82, 2.24) is 4.90 Å². The predicted octanol–water partition coefficient (Wildman–Crippen LogP) is 2.17. The number of thiophene rings is 1. The Morgan fingerprint density at radius 2 is 1.79 bits per heavy atom. The zero-order chi connectivity index (χ0) is 20.1. The van der Waals surface area contributed by atoms with Gasteiger partial charge in [0, 0.05) is 37.9 Å². The highest BCUT2D eigenvalue weighted by atomic mass is 32.1. The fraction of sp³-hybridized carbons (Fsp3) is 0.333. The topological polar surface area (TPSA) is 102 Å². The number of carbonyl (C=O) groups is 2. The summed E-state index contributed by atoms with van der Waals surface area (Å²) in [6, 6.07) is 10.3. The Morgan fingerprint density at radius 1 is 1.11 bits per heavy atom. The van der Waals surface area contributed by atoms with Gasteiger partial charge in [0.1, 0.15) is 10.6 Å². The lowest BCUT2D eigenvalue weighted by molar-refractivity contribution is -0.380. The van der Waals surface area contributed by atoms with E-state index in [1.165, 1.54) is 12.1 Å². The van der Waals surface area contributed by atoms with Crippen LogP contribution in [-0.2, 0) is 9.53 Å². The molecular weight excluding hydrogens is 386 g/mol. The third kappa shape index (κ3) is 4.58. The number of anilines is 1. The van der Waals surface area contributed by atoms with Crippen LogP contribution in [0.4, 0.5) is 10.7 Å². The Bertz CT molecular complexity index is 858. The van der Waals surface area contributed by atoms with Crippen molar-refractivity contribution < 1.29 is 24.0 Å². The smallest absolute Gasteiger partial charge is 0.349 e. The van der Waals surface area contributed by atoms with Gasteiger partial charge in [-0.05, 0) is 30.3 Å². The molecule has 0 spiro atoms. The summed E-state index contributed by atoms with van der Waals surface area (Å²) >= 11 is 0.723. The quantitative estimate of drug-likeness (QED) is 0.412. The van der Waals surface area contributed by atoms with Crippen molar-refractivity contribution in [3.8, 4) is 5.75 Å². The number of esters is 1. The lowest BCUT2D eigenvalue weighted by Gasteiger charge is -2.36. The molecule has 9 nitrogen and oxygen atoms in total. The molecule has 0 N–H and O–H groups in total. The van der Waals surface area contributed by atoms with Crippen molar-refractivity contribution in [3.63, 3.8) is 0 Å². The van der Waals surface area contributed by atoms with Crippen LogP contribution in [0.3, 0.4) is 0 Å². The van der Waals surface area contributed by atoms with Gasteiger partial charge in [-0.3, -0.25) is 14.9 Å². The second kappa shape index (κ2) is 8.70. The average Bonchev–Trinajstić information content (AvgIpc) is 3.23. The van der Waals surface area contributed by atoms with Gasteiger partial charge in [-0.25, -0.2) is 4.79 Å². The molecule has 0 saturated carbocycles. The third-order valence-corrected chi connectivity index (χ3v) is 5.39. The van der Waals surface area contributed by atoms with Gasteiger partial charge >= 0.3 is 11.0 Å². The number of hydrogen-bond acceptors (Lipinski definition) is 8. The monoisotopic (exact) mass is 405 g/mol. The van der Waals surface area contributed by atoms with Crippen LogP contribution in [0.25, 0.3) is 0 Å². The maximum absolute atomic E-state index is 12.3. The molecule has 3 rings (SSSR count). The van der Waals surface area contributed by atoms with E-state index in [1.807, 2.05) is 24.3 Å². The van der Waals surface area contributed by atoms with Crippen molar-refractivity contribution in [2.75, 3.05) is 44.8 Å². The molecule has 1 amide bonds. The third-order valence-electron chi connectivity index (χ3n) is 4.37. The first-order chi connectivity index (χ1) is 13.5. The molecule has 0 atom stereocenters.